The van der Waals surface area contributed by atoms with Gasteiger partial charge in [-0.05, 0) is 18.2 Å². The Bertz CT molecular complexity index is 497. The zero-order chi connectivity index (χ0) is 11.8. The average molecular weight is 236 g/mol. The summed E-state index contributed by atoms with van der Waals surface area (Å²) in [4.78, 5) is 4.26. The van der Waals surface area contributed by atoms with Crippen molar-refractivity contribution in [3.63, 3.8) is 0 Å². The third-order valence-corrected chi connectivity index (χ3v) is 2.54. The Labute approximate surface area is 100 Å². The van der Waals surface area contributed by atoms with Gasteiger partial charge in [0, 0.05) is 11.6 Å². The Morgan fingerprint density at radius 1 is 1.19 bits per heavy atom. The monoisotopic (exact) mass is 235 g/mol. The van der Waals surface area contributed by atoms with E-state index in [0.29, 0.717) is 5.15 Å². The molecular weight excluding hydrogens is 222 g/mol. The second-order valence-corrected chi connectivity index (χ2v) is 5.08. The van der Waals surface area contributed by atoms with Gasteiger partial charge in [0.2, 0.25) is 0 Å². The molecule has 0 aliphatic rings. The van der Waals surface area contributed by atoms with Crippen LogP contribution in [0.5, 0.6) is 0 Å². The number of nitrogens with zero attached hydrogens (tertiary/aromatic N) is 3. The highest BCUT2D eigenvalue weighted by Gasteiger charge is 2.19. The van der Waals surface area contributed by atoms with Crippen LogP contribution in [-0.2, 0) is 5.41 Å². The van der Waals surface area contributed by atoms with Gasteiger partial charge in [-0.25, -0.2) is 9.67 Å². The third kappa shape index (κ3) is 2.09. The summed E-state index contributed by atoms with van der Waals surface area (Å²) in [7, 11) is 0. The number of hydrogen-bond donors (Lipinski definition) is 0. The van der Waals surface area contributed by atoms with Crippen LogP contribution in [0.2, 0.25) is 5.15 Å². The molecule has 2 aromatic rings. The third-order valence-electron chi connectivity index (χ3n) is 2.33. The summed E-state index contributed by atoms with van der Waals surface area (Å²) in [6.45, 7) is 6.43. The minimum absolute atomic E-state index is 0.0283. The number of hydrogen-bond acceptors (Lipinski definition) is 2. The zero-order valence-corrected chi connectivity index (χ0v) is 10.4. The van der Waals surface area contributed by atoms with Crippen LogP contribution in [0, 0.1) is 0 Å². The standard InChI is InChI=1S/C12H14ClN3/c1-12(2,3)9-7-8-14-16(9)11-6-4-5-10(13)15-11/h4-8H,1-3H3. The van der Waals surface area contributed by atoms with E-state index in [2.05, 4.69) is 30.9 Å². The Balaban J connectivity index is 2.53. The summed E-state index contributed by atoms with van der Waals surface area (Å²) in [5.41, 5.74) is 1.14. The van der Waals surface area contributed by atoms with E-state index < -0.39 is 0 Å². The lowest BCUT2D eigenvalue weighted by atomic mass is 9.92. The molecule has 0 unspecified atom stereocenters. The first-order valence-corrected chi connectivity index (χ1v) is 5.54. The van der Waals surface area contributed by atoms with Crippen molar-refractivity contribution in [3.8, 4) is 5.82 Å². The van der Waals surface area contributed by atoms with Gasteiger partial charge in [0.05, 0.1) is 5.69 Å². The fourth-order valence-electron chi connectivity index (χ4n) is 1.57. The molecule has 0 aromatic carbocycles. The summed E-state index contributed by atoms with van der Waals surface area (Å²) in [5.74, 6) is 0.752. The lowest BCUT2D eigenvalue weighted by molar-refractivity contribution is 0.541. The molecule has 0 atom stereocenters. The molecule has 84 valence electrons. The van der Waals surface area contributed by atoms with Crippen LogP contribution in [0.25, 0.3) is 5.82 Å². The largest absolute Gasteiger partial charge is 0.219 e. The van der Waals surface area contributed by atoms with Crippen molar-refractivity contribution in [3.05, 3.63) is 41.3 Å². The van der Waals surface area contributed by atoms with E-state index in [-0.39, 0.29) is 5.41 Å². The molecule has 0 fully saturated rings. The topological polar surface area (TPSA) is 30.7 Å². The zero-order valence-electron chi connectivity index (χ0n) is 9.61. The Kier molecular flexibility index (Phi) is 2.72. The van der Waals surface area contributed by atoms with Gasteiger partial charge in [-0.3, -0.25) is 0 Å². The highest BCUT2D eigenvalue weighted by Crippen LogP contribution is 2.23. The van der Waals surface area contributed by atoms with E-state index >= 15 is 0 Å². The van der Waals surface area contributed by atoms with E-state index in [1.54, 1.807) is 12.3 Å². The van der Waals surface area contributed by atoms with Crippen molar-refractivity contribution in [1.29, 1.82) is 0 Å². The van der Waals surface area contributed by atoms with Crippen molar-refractivity contribution in [1.82, 2.24) is 14.8 Å². The van der Waals surface area contributed by atoms with Gasteiger partial charge >= 0.3 is 0 Å². The molecular formula is C12H14ClN3. The number of halogens is 1. The number of aromatic nitrogens is 3. The van der Waals surface area contributed by atoms with Crippen molar-refractivity contribution < 1.29 is 0 Å². The highest BCUT2D eigenvalue weighted by atomic mass is 35.5. The van der Waals surface area contributed by atoms with E-state index in [9.17, 15) is 0 Å². The first-order chi connectivity index (χ1) is 7.48. The van der Waals surface area contributed by atoms with Crippen molar-refractivity contribution in [2.24, 2.45) is 0 Å². The van der Waals surface area contributed by atoms with Crippen LogP contribution in [0.4, 0.5) is 0 Å². The molecule has 2 aromatic heterocycles. The van der Waals surface area contributed by atoms with Crippen molar-refractivity contribution >= 4 is 11.6 Å². The molecule has 0 aliphatic carbocycles. The summed E-state index contributed by atoms with van der Waals surface area (Å²) in [5, 5.41) is 4.77. The van der Waals surface area contributed by atoms with Gasteiger partial charge in [-0.1, -0.05) is 38.4 Å². The molecule has 0 amide bonds. The summed E-state index contributed by atoms with van der Waals surface area (Å²) in [6, 6.07) is 7.53. The van der Waals surface area contributed by atoms with Crippen molar-refractivity contribution in [2.45, 2.75) is 26.2 Å². The Morgan fingerprint density at radius 2 is 1.94 bits per heavy atom. The molecule has 0 N–H and O–H groups in total. The summed E-state index contributed by atoms with van der Waals surface area (Å²) < 4.78 is 1.83. The lowest BCUT2D eigenvalue weighted by Crippen LogP contribution is -2.18. The molecule has 2 heterocycles. The Morgan fingerprint density at radius 3 is 2.56 bits per heavy atom. The molecule has 0 radical (unpaired) electrons. The van der Waals surface area contributed by atoms with Crippen LogP contribution < -0.4 is 0 Å². The van der Waals surface area contributed by atoms with Gasteiger partial charge < -0.3 is 0 Å². The lowest BCUT2D eigenvalue weighted by Gasteiger charge is -2.19. The van der Waals surface area contributed by atoms with Crippen molar-refractivity contribution in [2.75, 3.05) is 0 Å². The van der Waals surface area contributed by atoms with Crippen LogP contribution >= 0.6 is 11.6 Å². The molecule has 0 saturated carbocycles. The fraction of sp³-hybridized carbons (Fsp3) is 0.333. The molecule has 4 heteroatoms. The number of rotatable bonds is 1. The van der Waals surface area contributed by atoms with E-state index in [4.69, 9.17) is 11.6 Å². The van der Waals surface area contributed by atoms with Gasteiger partial charge in [-0.15, -0.1) is 0 Å². The molecule has 0 saturated heterocycles. The van der Waals surface area contributed by atoms with E-state index in [1.807, 2.05) is 22.9 Å². The number of pyridine rings is 1. The predicted molar refractivity (Wildman–Crippen MR) is 65.1 cm³/mol. The minimum Gasteiger partial charge on any atom is -0.219 e. The Hall–Kier alpha value is -1.35. The molecule has 0 aliphatic heterocycles. The average Bonchev–Trinajstić information content (AvgIpc) is 2.65. The highest BCUT2D eigenvalue weighted by molar-refractivity contribution is 6.29. The van der Waals surface area contributed by atoms with Gasteiger partial charge in [0.25, 0.3) is 0 Å². The molecule has 0 spiro atoms. The maximum atomic E-state index is 5.88. The second kappa shape index (κ2) is 3.91. The van der Waals surface area contributed by atoms with E-state index in [1.165, 1.54) is 0 Å². The first kappa shape index (κ1) is 11.1. The maximum absolute atomic E-state index is 5.88. The normalized spacial score (nSPS) is 11.8. The van der Waals surface area contributed by atoms with Crippen LogP contribution in [0.15, 0.2) is 30.5 Å². The predicted octanol–water partition coefficient (Wildman–Crippen LogP) is 3.22. The summed E-state index contributed by atoms with van der Waals surface area (Å²) in [6.07, 6.45) is 1.78. The molecule has 2 rings (SSSR count). The summed E-state index contributed by atoms with van der Waals surface area (Å²) >= 11 is 5.88. The van der Waals surface area contributed by atoms with Crippen LogP contribution in [0.3, 0.4) is 0 Å². The second-order valence-electron chi connectivity index (χ2n) is 4.70. The SMILES string of the molecule is CC(C)(C)c1ccnn1-c1cccc(Cl)n1. The van der Waals surface area contributed by atoms with Gasteiger partial charge in [0.15, 0.2) is 5.82 Å². The first-order valence-electron chi connectivity index (χ1n) is 5.16. The van der Waals surface area contributed by atoms with Crippen LogP contribution in [-0.4, -0.2) is 14.8 Å². The smallest absolute Gasteiger partial charge is 0.155 e. The fourth-order valence-corrected chi connectivity index (χ4v) is 1.73. The quantitative estimate of drug-likeness (QED) is 0.711. The molecule has 0 bridgehead atoms. The van der Waals surface area contributed by atoms with Gasteiger partial charge in [-0.2, -0.15) is 5.10 Å². The minimum atomic E-state index is 0.0283. The van der Waals surface area contributed by atoms with E-state index in [0.717, 1.165) is 11.5 Å². The van der Waals surface area contributed by atoms with Gasteiger partial charge in [0.1, 0.15) is 5.15 Å². The maximum Gasteiger partial charge on any atom is 0.155 e. The van der Waals surface area contributed by atoms with Crippen LogP contribution in [0.1, 0.15) is 26.5 Å². The molecule has 3 nitrogen and oxygen atoms in total. The molecule has 16 heavy (non-hydrogen) atoms.